The summed E-state index contributed by atoms with van der Waals surface area (Å²) in [7, 11) is 1.35. The molecule has 0 unspecified atom stereocenters. The van der Waals surface area contributed by atoms with Crippen LogP contribution in [0.1, 0.15) is 10.4 Å². The van der Waals surface area contributed by atoms with Crippen LogP contribution in [-0.2, 0) is 4.74 Å². The molecule has 0 N–H and O–H groups in total. The van der Waals surface area contributed by atoms with Gasteiger partial charge in [0.1, 0.15) is 6.33 Å². The lowest BCUT2D eigenvalue weighted by atomic mass is 10.1. The summed E-state index contributed by atoms with van der Waals surface area (Å²) in [4.78, 5) is 19.3. The van der Waals surface area contributed by atoms with Crippen LogP contribution in [0.4, 0.5) is 0 Å². The number of carbonyl (C=O) groups is 1. The molecule has 0 atom stereocenters. The van der Waals surface area contributed by atoms with Crippen molar-refractivity contribution in [2.45, 2.75) is 0 Å². The van der Waals surface area contributed by atoms with Crippen LogP contribution in [0, 0.1) is 0 Å². The minimum Gasteiger partial charge on any atom is -0.465 e. The van der Waals surface area contributed by atoms with Crippen molar-refractivity contribution in [2.24, 2.45) is 0 Å². The first-order valence-electron chi connectivity index (χ1n) is 4.20. The Morgan fingerprint density at radius 2 is 2.27 bits per heavy atom. The zero-order valence-electron chi connectivity index (χ0n) is 7.90. The van der Waals surface area contributed by atoms with E-state index in [9.17, 15) is 4.79 Å². The summed E-state index contributed by atoms with van der Waals surface area (Å²) in [5.41, 5.74) is 1.25. The second-order valence-corrected chi connectivity index (χ2v) is 3.76. The van der Waals surface area contributed by atoms with Crippen LogP contribution in [-0.4, -0.2) is 23.0 Å². The highest BCUT2D eigenvalue weighted by Gasteiger charge is 2.09. The lowest BCUT2D eigenvalue weighted by Gasteiger charge is -2.03. The van der Waals surface area contributed by atoms with Crippen molar-refractivity contribution in [3.05, 3.63) is 34.7 Å². The molecule has 5 heteroatoms. The molecule has 0 saturated carbocycles. The smallest absolute Gasteiger partial charge is 0.337 e. The molecule has 2 aromatic rings. The Kier molecular flexibility index (Phi) is 2.64. The topological polar surface area (TPSA) is 52.1 Å². The molecule has 0 spiro atoms. The minimum atomic E-state index is -0.374. The Hall–Kier alpha value is -1.49. The number of hydrogen-bond acceptors (Lipinski definition) is 4. The minimum absolute atomic E-state index is 0.374. The molecule has 1 aromatic carbocycles. The van der Waals surface area contributed by atoms with Crippen LogP contribution < -0.4 is 0 Å². The van der Waals surface area contributed by atoms with Gasteiger partial charge >= 0.3 is 5.97 Å². The van der Waals surface area contributed by atoms with Gasteiger partial charge in [-0.2, -0.15) is 0 Å². The third-order valence-electron chi connectivity index (χ3n) is 1.98. The average Bonchev–Trinajstić information content (AvgIpc) is 2.28. The van der Waals surface area contributed by atoms with E-state index in [0.717, 1.165) is 15.4 Å². The summed E-state index contributed by atoms with van der Waals surface area (Å²) >= 11 is 3.35. The van der Waals surface area contributed by atoms with Crippen molar-refractivity contribution in [1.29, 1.82) is 0 Å². The van der Waals surface area contributed by atoms with Gasteiger partial charge in [-0.25, -0.2) is 14.8 Å². The van der Waals surface area contributed by atoms with Crippen LogP contribution >= 0.6 is 15.9 Å². The molecule has 0 aliphatic carbocycles. The van der Waals surface area contributed by atoms with E-state index in [1.165, 1.54) is 13.4 Å². The zero-order chi connectivity index (χ0) is 10.8. The fourth-order valence-corrected chi connectivity index (χ4v) is 1.87. The third-order valence-corrected chi connectivity index (χ3v) is 2.59. The van der Waals surface area contributed by atoms with E-state index in [4.69, 9.17) is 0 Å². The molecule has 2 rings (SSSR count). The van der Waals surface area contributed by atoms with Gasteiger partial charge in [0.15, 0.2) is 0 Å². The van der Waals surface area contributed by atoms with Gasteiger partial charge in [0.05, 0.1) is 18.2 Å². The fraction of sp³-hybridized carbons (Fsp3) is 0.100. The number of carbonyl (C=O) groups excluding carboxylic acids is 1. The van der Waals surface area contributed by atoms with E-state index < -0.39 is 0 Å². The molecule has 1 heterocycles. The Labute approximate surface area is 94.4 Å². The zero-order valence-corrected chi connectivity index (χ0v) is 9.48. The lowest BCUT2D eigenvalue weighted by Crippen LogP contribution is -2.01. The fourth-order valence-electron chi connectivity index (χ4n) is 1.30. The van der Waals surface area contributed by atoms with Crippen LogP contribution in [0.25, 0.3) is 10.9 Å². The summed E-state index contributed by atoms with van der Waals surface area (Å²) in [6.07, 6.45) is 3.12. The van der Waals surface area contributed by atoms with E-state index in [1.54, 1.807) is 18.3 Å². The number of nitrogens with zero attached hydrogens (tertiary/aromatic N) is 2. The predicted octanol–water partition coefficient (Wildman–Crippen LogP) is 2.18. The number of ether oxygens (including phenoxy) is 1. The van der Waals surface area contributed by atoms with Gasteiger partial charge in [-0.3, -0.25) is 0 Å². The van der Waals surface area contributed by atoms with E-state index in [0.29, 0.717) is 5.56 Å². The van der Waals surface area contributed by atoms with Crippen LogP contribution in [0.5, 0.6) is 0 Å². The van der Waals surface area contributed by atoms with Crippen molar-refractivity contribution in [3.8, 4) is 0 Å². The standard InChI is InChI=1S/C10H7BrN2O2/c1-15-10(14)6-2-7-4-12-5-13-9(7)8(11)3-6/h2-5H,1H3. The number of benzene rings is 1. The summed E-state index contributed by atoms with van der Waals surface area (Å²) in [6, 6.07) is 3.38. The normalized spacial score (nSPS) is 10.3. The first-order chi connectivity index (χ1) is 7.22. The van der Waals surface area contributed by atoms with Gasteiger partial charge in [-0.05, 0) is 28.1 Å². The van der Waals surface area contributed by atoms with Gasteiger partial charge in [-0.1, -0.05) is 0 Å². The number of aromatic nitrogens is 2. The van der Waals surface area contributed by atoms with Crippen molar-refractivity contribution in [3.63, 3.8) is 0 Å². The number of hydrogen-bond donors (Lipinski definition) is 0. The van der Waals surface area contributed by atoms with Crippen molar-refractivity contribution in [1.82, 2.24) is 9.97 Å². The summed E-state index contributed by atoms with van der Waals surface area (Å²) in [5, 5.41) is 0.798. The lowest BCUT2D eigenvalue weighted by molar-refractivity contribution is 0.0601. The summed E-state index contributed by atoms with van der Waals surface area (Å²) in [5.74, 6) is -0.374. The molecule has 0 bridgehead atoms. The quantitative estimate of drug-likeness (QED) is 0.743. The molecule has 76 valence electrons. The molecule has 0 radical (unpaired) electrons. The number of methoxy groups -OCH3 is 1. The van der Waals surface area contributed by atoms with Gasteiger partial charge in [0, 0.05) is 16.1 Å². The number of fused-ring (bicyclic) bond motifs is 1. The predicted molar refractivity (Wildman–Crippen MR) is 58.6 cm³/mol. The van der Waals surface area contributed by atoms with Crippen molar-refractivity contribution < 1.29 is 9.53 Å². The maximum Gasteiger partial charge on any atom is 0.337 e. The van der Waals surface area contributed by atoms with E-state index in [2.05, 4.69) is 30.6 Å². The Balaban J connectivity index is 2.67. The molecular formula is C10H7BrN2O2. The Morgan fingerprint density at radius 3 is 3.00 bits per heavy atom. The van der Waals surface area contributed by atoms with Gasteiger partial charge in [0.2, 0.25) is 0 Å². The number of halogens is 1. The number of esters is 1. The highest BCUT2D eigenvalue weighted by Crippen LogP contribution is 2.23. The molecule has 1 aromatic heterocycles. The average molecular weight is 267 g/mol. The second-order valence-electron chi connectivity index (χ2n) is 2.91. The molecule has 15 heavy (non-hydrogen) atoms. The molecule has 0 saturated heterocycles. The molecular weight excluding hydrogens is 260 g/mol. The monoisotopic (exact) mass is 266 g/mol. The van der Waals surface area contributed by atoms with E-state index in [-0.39, 0.29) is 5.97 Å². The van der Waals surface area contributed by atoms with E-state index >= 15 is 0 Å². The second kappa shape index (κ2) is 3.94. The van der Waals surface area contributed by atoms with Gasteiger partial charge < -0.3 is 4.74 Å². The van der Waals surface area contributed by atoms with Crippen LogP contribution in [0.15, 0.2) is 29.1 Å². The van der Waals surface area contributed by atoms with Crippen molar-refractivity contribution >= 4 is 32.8 Å². The number of rotatable bonds is 1. The molecule has 4 nitrogen and oxygen atoms in total. The van der Waals surface area contributed by atoms with Gasteiger partial charge in [-0.15, -0.1) is 0 Å². The first-order valence-corrected chi connectivity index (χ1v) is 4.99. The molecule has 0 amide bonds. The SMILES string of the molecule is COC(=O)c1cc(Br)c2ncncc2c1. The first kappa shape index (κ1) is 10.0. The maximum atomic E-state index is 11.3. The molecule has 0 aliphatic heterocycles. The van der Waals surface area contributed by atoms with Gasteiger partial charge in [0.25, 0.3) is 0 Å². The molecule has 0 aliphatic rings. The molecule has 0 fully saturated rings. The third kappa shape index (κ3) is 1.83. The summed E-state index contributed by atoms with van der Waals surface area (Å²) in [6.45, 7) is 0. The Bertz CT molecular complexity index is 528. The van der Waals surface area contributed by atoms with Crippen molar-refractivity contribution in [2.75, 3.05) is 7.11 Å². The summed E-state index contributed by atoms with van der Waals surface area (Å²) < 4.78 is 5.39. The highest BCUT2D eigenvalue weighted by molar-refractivity contribution is 9.10. The highest BCUT2D eigenvalue weighted by atomic mass is 79.9. The van der Waals surface area contributed by atoms with E-state index in [1.807, 2.05) is 0 Å². The van der Waals surface area contributed by atoms with Crippen LogP contribution in [0.2, 0.25) is 0 Å². The van der Waals surface area contributed by atoms with Crippen LogP contribution in [0.3, 0.4) is 0 Å². The largest absolute Gasteiger partial charge is 0.465 e. The maximum absolute atomic E-state index is 11.3. The Morgan fingerprint density at radius 1 is 1.47 bits per heavy atom.